The molecular formula is C23H26N2O5. The molecule has 158 valence electrons. The van der Waals surface area contributed by atoms with Crippen LogP contribution < -0.4 is 15.4 Å². The fourth-order valence-corrected chi connectivity index (χ4v) is 2.60. The largest absolute Gasteiger partial charge is 0.493 e. The quantitative estimate of drug-likeness (QED) is 0.366. The van der Waals surface area contributed by atoms with E-state index < -0.39 is 11.9 Å². The average molecular weight is 410 g/mol. The summed E-state index contributed by atoms with van der Waals surface area (Å²) < 4.78 is 10.5. The van der Waals surface area contributed by atoms with Crippen molar-refractivity contribution >= 4 is 35.2 Å². The number of hydrogen-bond donors (Lipinski definition) is 2. The number of carbonyl (C=O) groups is 3. The highest BCUT2D eigenvalue weighted by molar-refractivity contribution is 6.07. The molecule has 0 bridgehead atoms. The summed E-state index contributed by atoms with van der Waals surface area (Å²) in [6.07, 6.45) is 4.76. The molecule has 0 heterocycles. The van der Waals surface area contributed by atoms with Crippen LogP contribution in [0.25, 0.3) is 6.08 Å². The van der Waals surface area contributed by atoms with E-state index in [1.165, 1.54) is 32.2 Å². The number of rotatable bonds is 9. The Kier molecular flexibility index (Phi) is 8.62. The van der Waals surface area contributed by atoms with Gasteiger partial charge in [-0.3, -0.25) is 9.59 Å². The number of unbranched alkanes of at least 4 members (excludes halogenated alkanes) is 1. The van der Waals surface area contributed by atoms with E-state index in [-0.39, 0.29) is 22.9 Å². The van der Waals surface area contributed by atoms with E-state index in [2.05, 4.69) is 10.6 Å². The third-order valence-electron chi connectivity index (χ3n) is 4.08. The van der Waals surface area contributed by atoms with Crippen molar-refractivity contribution in [1.29, 1.82) is 0 Å². The Morgan fingerprint density at radius 1 is 1.03 bits per heavy atom. The second-order valence-electron chi connectivity index (χ2n) is 6.50. The first-order valence-corrected chi connectivity index (χ1v) is 9.65. The van der Waals surface area contributed by atoms with Crippen LogP contribution in [0.5, 0.6) is 5.75 Å². The summed E-state index contributed by atoms with van der Waals surface area (Å²) in [6.45, 7) is 3.78. The maximum atomic E-state index is 12.4. The Labute approximate surface area is 176 Å². The van der Waals surface area contributed by atoms with Crippen molar-refractivity contribution in [3.63, 3.8) is 0 Å². The van der Waals surface area contributed by atoms with Crippen molar-refractivity contribution in [3.8, 4) is 5.75 Å². The molecule has 0 aliphatic rings. The van der Waals surface area contributed by atoms with E-state index in [0.29, 0.717) is 12.3 Å². The molecular weight excluding hydrogens is 384 g/mol. The molecule has 0 aliphatic heterocycles. The zero-order valence-electron chi connectivity index (χ0n) is 17.4. The number of ether oxygens (including phenoxy) is 2. The van der Waals surface area contributed by atoms with Crippen molar-refractivity contribution < 1.29 is 23.9 Å². The van der Waals surface area contributed by atoms with Crippen molar-refractivity contribution in [2.24, 2.45) is 0 Å². The average Bonchev–Trinajstić information content (AvgIpc) is 2.73. The zero-order valence-corrected chi connectivity index (χ0v) is 17.4. The first-order valence-electron chi connectivity index (χ1n) is 9.65. The SMILES string of the molecule is CCCCOc1cc(NC(C)=O)c(NC(=O)C=Cc2ccccc2)cc1C(=O)OC. The molecule has 0 unspecified atom stereocenters. The fraction of sp³-hybridized carbons (Fsp3) is 0.261. The topological polar surface area (TPSA) is 93.7 Å². The summed E-state index contributed by atoms with van der Waals surface area (Å²) in [5.41, 5.74) is 1.61. The zero-order chi connectivity index (χ0) is 21.9. The Bertz CT molecular complexity index is 923. The monoisotopic (exact) mass is 410 g/mol. The first-order chi connectivity index (χ1) is 14.4. The third-order valence-corrected chi connectivity index (χ3v) is 4.08. The molecule has 0 aliphatic carbocycles. The standard InChI is InChI=1S/C23H26N2O5/c1-4-5-13-30-21-15-20(24-16(2)26)19(14-18(21)23(28)29-3)25-22(27)12-11-17-9-7-6-8-10-17/h6-12,14-15H,4-5,13H2,1-3H3,(H,24,26)(H,25,27). The summed E-state index contributed by atoms with van der Waals surface area (Å²) in [5, 5.41) is 5.35. The molecule has 2 aromatic rings. The molecule has 0 fully saturated rings. The minimum absolute atomic E-state index is 0.157. The molecule has 2 N–H and O–H groups in total. The Hall–Kier alpha value is -3.61. The van der Waals surface area contributed by atoms with Gasteiger partial charge in [0.1, 0.15) is 11.3 Å². The second-order valence-corrected chi connectivity index (χ2v) is 6.50. The van der Waals surface area contributed by atoms with Gasteiger partial charge in [-0.25, -0.2) is 4.79 Å². The molecule has 0 aromatic heterocycles. The van der Waals surface area contributed by atoms with Gasteiger partial charge in [0, 0.05) is 19.1 Å². The van der Waals surface area contributed by atoms with Crippen LogP contribution >= 0.6 is 0 Å². The number of hydrogen-bond acceptors (Lipinski definition) is 5. The summed E-state index contributed by atoms with van der Waals surface area (Å²) in [7, 11) is 1.26. The van der Waals surface area contributed by atoms with E-state index in [0.717, 1.165) is 18.4 Å². The lowest BCUT2D eigenvalue weighted by molar-refractivity contribution is -0.114. The minimum Gasteiger partial charge on any atom is -0.493 e. The highest BCUT2D eigenvalue weighted by Crippen LogP contribution is 2.32. The number of methoxy groups -OCH3 is 1. The van der Waals surface area contributed by atoms with Gasteiger partial charge in [0.05, 0.1) is 25.1 Å². The Morgan fingerprint density at radius 2 is 1.73 bits per heavy atom. The van der Waals surface area contributed by atoms with Gasteiger partial charge < -0.3 is 20.1 Å². The van der Waals surface area contributed by atoms with E-state index >= 15 is 0 Å². The first kappa shape index (κ1) is 22.7. The highest BCUT2D eigenvalue weighted by atomic mass is 16.5. The smallest absolute Gasteiger partial charge is 0.341 e. The van der Waals surface area contributed by atoms with Gasteiger partial charge in [0.2, 0.25) is 11.8 Å². The van der Waals surface area contributed by atoms with Gasteiger partial charge >= 0.3 is 5.97 Å². The lowest BCUT2D eigenvalue weighted by Gasteiger charge is -2.16. The lowest BCUT2D eigenvalue weighted by atomic mass is 10.1. The maximum absolute atomic E-state index is 12.4. The summed E-state index contributed by atoms with van der Waals surface area (Å²) in [4.78, 5) is 36.3. The molecule has 0 saturated heterocycles. The summed E-state index contributed by atoms with van der Waals surface area (Å²) >= 11 is 0. The van der Waals surface area contributed by atoms with Gasteiger partial charge in [-0.2, -0.15) is 0 Å². The van der Waals surface area contributed by atoms with Crippen LogP contribution in [0.15, 0.2) is 48.5 Å². The summed E-state index contributed by atoms with van der Waals surface area (Å²) in [6, 6.07) is 12.3. The number of esters is 1. The van der Waals surface area contributed by atoms with E-state index in [4.69, 9.17) is 9.47 Å². The molecule has 2 amide bonds. The second kappa shape index (κ2) is 11.4. The molecule has 7 nitrogen and oxygen atoms in total. The van der Waals surface area contributed by atoms with Gasteiger partial charge in [-0.1, -0.05) is 43.7 Å². The molecule has 2 rings (SSSR count). The normalized spacial score (nSPS) is 10.5. The van der Waals surface area contributed by atoms with Crippen LogP contribution in [-0.4, -0.2) is 31.5 Å². The molecule has 2 aromatic carbocycles. The van der Waals surface area contributed by atoms with Crippen molar-refractivity contribution in [3.05, 3.63) is 59.7 Å². The van der Waals surface area contributed by atoms with Gasteiger partial charge in [0.25, 0.3) is 0 Å². The van der Waals surface area contributed by atoms with Gasteiger partial charge in [0.15, 0.2) is 0 Å². The molecule has 0 radical (unpaired) electrons. The van der Waals surface area contributed by atoms with Crippen molar-refractivity contribution in [1.82, 2.24) is 0 Å². The lowest BCUT2D eigenvalue weighted by Crippen LogP contribution is -2.15. The van der Waals surface area contributed by atoms with Crippen LogP contribution in [-0.2, 0) is 14.3 Å². The van der Waals surface area contributed by atoms with E-state index in [1.54, 1.807) is 6.08 Å². The minimum atomic E-state index is -0.605. The molecule has 7 heteroatoms. The predicted octanol–water partition coefficient (Wildman–Crippen LogP) is 4.26. The Balaban J connectivity index is 2.34. The Morgan fingerprint density at radius 3 is 2.37 bits per heavy atom. The molecule has 0 atom stereocenters. The van der Waals surface area contributed by atoms with Crippen LogP contribution in [0.1, 0.15) is 42.6 Å². The van der Waals surface area contributed by atoms with Crippen LogP contribution in [0.3, 0.4) is 0 Å². The van der Waals surface area contributed by atoms with Crippen LogP contribution in [0.2, 0.25) is 0 Å². The van der Waals surface area contributed by atoms with Crippen LogP contribution in [0.4, 0.5) is 11.4 Å². The molecule has 0 spiro atoms. The van der Waals surface area contributed by atoms with Crippen molar-refractivity contribution in [2.45, 2.75) is 26.7 Å². The van der Waals surface area contributed by atoms with Crippen molar-refractivity contribution in [2.75, 3.05) is 24.4 Å². The number of amides is 2. The number of benzene rings is 2. The van der Waals surface area contributed by atoms with Gasteiger partial charge in [-0.15, -0.1) is 0 Å². The third kappa shape index (κ3) is 6.77. The number of nitrogens with one attached hydrogen (secondary N) is 2. The molecule has 0 saturated carbocycles. The van der Waals surface area contributed by atoms with Crippen LogP contribution in [0, 0.1) is 0 Å². The maximum Gasteiger partial charge on any atom is 0.341 e. The van der Waals surface area contributed by atoms with E-state index in [9.17, 15) is 14.4 Å². The summed E-state index contributed by atoms with van der Waals surface area (Å²) in [5.74, 6) is -1.07. The van der Waals surface area contributed by atoms with Gasteiger partial charge in [-0.05, 0) is 24.1 Å². The number of anilines is 2. The highest BCUT2D eigenvalue weighted by Gasteiger charge is 2.19. The predicted molar refractivity (Wildman–Crippen MR) is 117 cm³/mol. The number of carbonyl (C=O) groups excluding carboxylic acids is 3. The fourth-order valence-electron chi connectivity index (χ4n) is 2.60. The molecule has 30 heavy (non-hydrogen) atoms. The van der Waals surface area contributed by atoms with E-state index in [1.807, 2.05) is 37.3 Å².